The summed E-state index contributed by atoms with van der Waals surface area (Å²) >= 11 is 0. The van der Waals surface area contributed by atoms with Crippen molar-refractivity contribution in [2.24, 2.45) is 0 Å². The number of esters is 1. The smallest absolute Gasteiger partial charge is 0.342 e. The van der Waals surface area contributed by atoms with Crippen molar-refractivity contribution >= 4 is 5.97 Å². The molecule has 2 nitrogen and oxygen atoms in total. The highest BCUT2D eigenvalue weighted by Crippen LogP contribution is 2.04. The topological polar surface area (TPSA) is 26.3 Å². The van der Waals surface area contributed by atoms with Crippen LogP contribution in [0.5, 0.6) is 0 Å². The van der Waals surface area contributed by atoms with E-state index in [-0.39, 0.29) is 5.82 Å². The molecule has 0 amide bonds. The first kappa shape index (κ1) is 10.2. The van der Waals surface area contributed by atoms with E-state index in [1.807, 2.05) is 0 Å². The minimum atomic E-state index is -0.525. The van der Waals surface area contributed by atoms with E-state index in [2.05, 4.69) is 6.58 Å². The van der Waals surface area contributed by atoms with Crippen LogP contribution in [0.2, 0.25) is 0 Å². The number of allylic oxidation sites excluding steroid dienone is 2. The van der Waals surface area contributed by atoms with E-state index in [0.717, 1.165) is 0 Å². The molecule has 0 unspecified atom stereocenters. The summed E-state index contributed by atoms with van der Waals surface area (Å²) in [6.45, 7) is 3.41. The van der Waals surface area contributed by atoms with Crippen LogP contribution in [0.1, 0.15) is 10.4 Å². The minimum Gasteiger partial charge on any atom is -0.431 e. The molecule has 0 N–H and O–H groups in total. The van der Waals surface area contributed by atoms with Crippen molar-refractivity contribution in [3.63, 3.8) is 0 Å². The summed E-state index contributed by atoms with van der Waals surface area (Å²) in [7, 11) is 0. The van der Waals surface area contributed by atoms with Gasteiger partial charge in [0.1, 0.15) is 5.82 Å². The van der Waals surface area contributed by atoms with E-state index >= 15 is 0 Å². The second-order valence-corrected chi connectivity index (χ2v) is 2.48. The van der Waals surface area contributed by atoms with Crippen molar-refractivity contribution in [3.05, 3.63) is 60.6 Å². The lowest BCUT2D eigenvalue weighted by Gasteiger charge is -1.97. The summed E-state index contributed by atoms with van der Waals surface area (Å²) in [5.74, 6) is -0.911. The van der Waals surface area contributed by atoms with E-state index in [1.54, 1.807) is 0 Å². The number of carbonyl (C=O) groups excluding carboxylic acids is 1. The highest BCUT2D eigenvalue weighted by Gasteiger charge is 2.04. The molecule has 0 aliphatic carbocycles. The van der Waals surface area contributed by atoms with Crippen LogP contribution in [0, 0.1) is 5.82 Å². The van der Waals surface area contributed by atoms with Crippen LogP contribution in [0.3, 0.4) is 0 Å². The van der Waals surface area contributed by atoms with Gasteiger partial charge in [0.15, 0.2) is 0 Å². The highest BCUT2D eigenvalue weighted by molar-refractivity contribution is 5.89. The first-order chi connectivity index (χ1) is 6.74. The molecule has 0 radical (unpaired) electrons. The lowest BCUT2D eigenvalue weighted by atomic mass is 10.2. The second-order valence-electron chi connectivity index (χ2n) is 2.48. The van der Waals surface area contributed by atoms with E-state index < -0.39 is 5.97 Å². The molecule has 0 aromatic heterocycles. The Hall–Kier alpha value is -1.90. The van der Waals surface area contributed by atoms with Gasteiger partial charge in [-0.15, -0.1) is 0 Å². The number of hydrogen-bond acceptors (Lipinski definition) is 2. The third-order valence-corrected chi connectivity index (χ3v) is 1.47. The van der Waals surface area contributed by atoms with Crippen molar-refractivity contribution in [1.29, 1.82) is 0 Å². The van der Waals surface area contributed by atoms with Gasteiger partial charge < -0.3 is 4.74 Å². The molecule has 0 saturated heterocycles. The average molecular weight is 192 g/mol. The minimum absolute atomic E-state index is 0.306. The Morgan fingerprint density at radius 1 is 1.36 bits per heavy atom. The fraction of sp³-hybridized carbons (Fsp3) is 0. The first-order valence-electron chi connectivity index (χ1n) is 3.98. The van der Waals surface area contributed by atoms with E-state index in [0.29, 0.717) is 5.56 Å². The standard InChI is InChI=1S/C11H9FO2/c1-2-3-8-14-11(13)9-4-6-10(12)7-5-9/h2-8H,1H2/b8-3+. The summed E-state index contributed by atoms with van der Waals surface area (Å²) in [4.78, 5) is 11.2. The molecule has 1 aromatic carbocycles. The molecule has 0 aliphatic heterocycles. The lowest BCUT2D eigenvalue weighted by molar-refractivity contribution is 0.0663. The third kappa shape index (κ3) is 2.86. The molecular formula is C11H9FO2. The Bertz CT molecular complexity index is 352. The SMILES string of the molecule is C=C/C=C/OC(=O)c1ccc(F)cc1. The van der Waals surface area contributed by atoms with E-state index in [4.69, 9.17) is 4.74 Å². The average Bonchev–Trinajstić information content (AvgIpc) is 2.19. The van der Waals surface area contributed by atoms with Crippen molar-refractivity contribution < 1.29 is 13.9 Å². The van der Waals surface area contributed by atoms with Crippen molar-refractivity contribution in [3.8, 4) is 0 Å². The first-order valence-corrected chi connectivity index (χ1v) is 3.98. The van der Waals surface area contributed by atoms with Gasteiger partial charge in [-0.1, -0.05) is 12.7 Å². The van der Waals surface area contributed by atoms with Gasteiger partial charge in [0.05, 0.1) is 11.8 Å². The number of ether oxygens (including phenoxy) is 1. The van der Waals surface area contributed by atoms with Crippen molar-refractivity contribution in [1.82, 2.24) is 0 Å². The maximum Gasteiger partial charge on any atom is 0.342 e. The molecule has 0 fully saturated rings. The second kappa shape index (κ2) is 4.97. The van der Waals surface area contributed by atoms with Gasteiger partial charge in [-0.2, -0.15) is 0 Å². The van der Waals surface area contributed by atoms with Gasteiger partial charge in [-0.3, -0.25) is 0 Å². The molecule has 0 bridgehead atoms. The maximum absolute atomic E-state index is 12.5. The molecule has 1 aromatic rings. The number of benzene rings is 1. The zero-order chi connectivity index (χ0) is 10.4. The van der Waals surface area contributed by atoms with Crippen LogP contribution < -0.4 is 0 Å². The van der Waals surface area contributed by atoms with Gasteiger partial charge in [-0.05, 0) is 30.3 Å². The van der Waals surface area contributed by atoms with Gasteiger partial charge in [0.25, 0.3) is 0 Å². The van der Waals surface area contributed by atoms with Crippen molar-refractivity contribution in [2.75, 3.05) is 0 Å². The zero-order valence-corrected chi connectivity index (χ0v) is 7.44. The Morgan fingerprint density at radius 3 is 2.57 bits per heavy atom. The Kier molecular flexibility index (Phi) is 3.61. The van der Waals surface area contributed by atoms with Gasteiger partial charge >= 0.3 is 5.97 Å². The van der Waals surface area contributed by atoms with Crippen LogP contribution in [-0.2, 0) is 4.74 Å². The van der Waals surface area contributed by atoms with Crippen LogP contribution in [0.4, 0.5) is 4.39 Å². The number of carbonyl (C=O) groups is 1. The van der Waals surface area contributed by atoms with Crippen LogP contribution >= 0.6 is 0 Å². The Balaban J connectivity index is 2.65. The largest absolute Gasteiger partial charge is 0.431 e. The molecule has 14 heavy (non-hydrogen) atoms. The molecule has 3 heteroatoms. The van der Waals surface area contributed by atoms with Crippen LogP contribution in [-0.4, -0.2) is 5.97 Å². The van der Waals surface area contributed by atoms with Gasteiger partial charge in [0.2, 0.25) is 0 Å². The van der Waals surface area contributed by atoms with Crippen LogP contribution in [0.15, 0.2) is 49.3 Å². The molecule has 0 aliphatic rings. The summed E-state index contributed by atoms with van der Waals surface area (Å²) in [5, 5.41) is 0. The zero-order valence-electron chi connectivity index (χ0n) is 7.44. The molecular weight excluding hydrogens is 183 g/mol. The Labute approximate surface area is 81.3 Å². The fourth-order valence-electron chi connectivity index (χ4n) is 0.811. The molecule has 0 atom stereocenters. The molecule has 1 rings (SSSR count). The van der Waals surface area contributed by atoms with Gasteiger partial charge in [-0.25, -0.2) is 9.18 Å². The number of rotatable bonds is 3. The maximum atomic E-state index is 12.5. The quantitative estimate of drug-likeness (QED) is 0.418. The molecule has 72 valence electrons. The summed E-state index contributed by atoms with van der Waals surface area (Å²) < 4.78 is 17.2. The molecule has 0 saturated carbocycles. The Morgan fingerprint density at radius 2 is 2.00 bits per heavy atom. The van der Waals surface area contributed by atoms with Crippen molar-refractivity contribution in [2.45, 2.75) is 0 Å². The highest BCUT2D eigenvalue weighted by atomic mass is 19.1. The van der Waals surface area contributed by atoms with Crippen LogP contribution in [0.25, 0.3) is 0 Å². The monoisotopic (exact) mass is 192 g/mol. The summed E-state index contributed by atoms with van der Waals surface area (Å²) in [6.07, 6.45) is 4.19. The normalized spacial score (nSPS) is 10.1. The molecule has 0 heterocycles. The van der Waals surface area contributed by atoms with E-state index in [9.17, 15) is 9.18 Å². The predicted octanol–water partition coefficient (Wildman–Crippen LogP) is 2.68. The fourth-order valence-corrected chi connectivity index (χ4v) is 0.811. The number of halogens is 1. The summed E-state index contributed by atoms with van der Waals surface area (Å²) in [5.41, 5.74) is 0.306. The van der Waals surface area contributed by atoms with E-state index in [1.165, 1.54) is 42.7 Å². The molecule has 0 spiro atoms. The number of hydrogen-bond donors (Lipinski definition) is 0. The lowest BCUT2D eigenvalue weighted by Crippen LogP contribution is -1.99. The third-order valence-electron chi connectivity index (χ3n) is 1.47. The predicted molar refractivity (Wildman–Crippen MR) is 51.2 cm³/mol. The van der Waals surface area contributed by atoms with Gasteiger partial charge in [0, 0.05) is 0 Å². The summed E-state index contributed by atoms with van der Waals surface area (Å²) in [6, 6.07) is 5.13.